The van der Waals surface area contributed by atoms with E-state index in [1.165, 1.54) is 13.2 Å². The minimum atomic E-state index is -4.90. The van der Waals surface area contributed by atoms with Crippen LogP contribution in [0.4, 0.5) is 23.7 Å². The van der Waals surface area contributed by atoms with Gasteiger partial charge in [-0.1, -0.05) is 45.0 Å². The van der Waals surface area contributed by atoms with Gasteiger partial charge in [0.05, 0.1) is 18.8 Å². The predicted octanol–water partition coefficient (Wildman–Crippen LogP) is 5.02. The van der Waals surface area contributed by atoms with E-state index in [0.29, 0.717) is 12.0 Å². The Balaban J connectivity index is 1.91. The standard InChI is InChI=1S/C24H29F3N2O4/c1-23(2,3)14-11-16(21(30)24(25,26)27)20(33-5)18(12-14)29-22(31)28-17-10-13-8-6-7-9-15(13)19(17)32-4/h6-9,11-12,17,19,21,30H,10H2,1-5H3,(H2,28,29,31)/t17-,19+,21-/m1/s1. The number of nitrogens with one attached hydrogen (secondary N) is 2. The fourth-order valence-electron chi connectivity index (χ4n) is 4.09. The Hall–Kier alpha value is -2.78. The zero-order chi connectivity index (χ0) is 24.6. The van der Waals surface area contributed by atoms with Crippen molar-refractivity contribution in [3.8, 4) is 5.75 Å². The molecule has 0 fully saturated rings. The van der Waals surface area contributed by atoms with Gasteiger partial charge in [0.15, 0.2) is 6.10 Å². The van der Waals surface area contributed by atoms with Crippen molar-refractivity contribution < 1.29 is 32.5 Å². The van der Waals surface area contributed by atoms with E-state index in [-0.39, 0.29) is 23.6 Å². The Kier molecular flexibility index (Phi) is 6.95. The number of hydrogen-bond donors (Lipinski definition) is 3. The highest BCUT2D eigenvalue weighted by molar-refractivity contribution is 5.92. The number of amides is 2. The van der Waals surface area contributed by atoms with E-state index in [1.807, 2.05) is 45.0 Å². The van der Waals surface area contributed by atoms with Gasteiger partial charge < -0.3 is 25.2 Å². The number of carbonyl (C=O) groups is 1. The Morgan fingerprint density at radius 3 is 2.39 bits per heavy atom. The van der Waals surface area contributed by atoms with Crippen LogP contribution in [-0.2, 0) is 16.6 Å². The van der Waals surface area contributed by atoms with E-state index >= 15 is 0 Å². The van der Waals surface area contributed by atoms with Gasteiger partial charge in [-0.2, -0.15) is 13.2 Å². The summed E-state index contributed by atoms with van der Waals surface area (Å²) in [7, 11) is 2.75. The van der Waals surface area contributed by atoms with Crippen molar-refractivity contribution in [1.82, 2.24) is 5.32 Å². The molecule has 0 unspecified atom stereocenters. The summed E-state index contributed by atoms with van der Waals surface area (Å²) in [4.78, 5) is 12.9. The molecule has 9 heteroatoms. The normalized spacial score (nSPS) is 19.1. The number of benzene rings is 2. The summed E-state index contributed by atoms with van der Waals surface area (Å²) in [5, 5.41) is 15.4. The predicted molar refractivity (Wildman–Crippen MR) is 119 cm³/mol. The Labute approximate surface area is 191 Å². The molecule has 0 heterocycles. The molecule has 2 aromatic rings. The minimum Gasteiger partial charge on any atom is -0.494 e. The number of urea groups is 1. The zero-order valence-electron chi connectivity index (χ0n) is 19.2. The molecule has 6 nitrogen and oxygen atoms in total. The SMILES string of the molecule is COc1c(NC(=O)N[C@@H]2Cc3ccccc3[C@@H]2OC)cc(C(C)(C)C)cc1[C@@H](O)C(F)(F)F. The molecule has 0 aromatic heterocycles. The maximum Gasteiger partial charge on any atom is 0.418 e. The molecule has 33 heavy (non-hydrogen) atoms. The summed E-state index contributed by atoms with van der Waals surface area (Å²) >= 11 is 0. The quantitative estimate of drug-likeness (QED) is 0.578. The van der Waals surface area contributed by atoms with E-state index in [1.54, 1.807) is 13.2 Å². The number of aliphatic hydroxyl groups excluding tert-OH is 1. The monoisotopic (exact) mass is 466 g/mol. The van der Waals surface area contributed by atoms with Gasteiger partial charge in [-0.05, 0) is 40.7 Å². The van der Waals surface area contributed by atoms with Crippen LogP contribution in [-0.4, -0.2) is 37.6 Å². The van der Waals surface area contributed by atoms with Crippen LogP contribution in [0.25, 0.3) is 0 Å². The molecular weight excluding hydrogens is 437 g/mol. The summed E-state index contributed by atoms with van der Waals surface area (Å²) in [5.74, 6) is -0.249. The van der Waals surface area contributed by atoms with Gasteiger partial charge in [0.25, 0.3) is 0 Å². The van der Waals surface area contributed by atoms with E-state index in [0.717, 1.165) is 11.1 Å². The lowest BCUT2D eigenvalue weighted by Crippen LogP contribution is -2.41. The first-order chi connectivity index (χ1) is 15.4. The number of rotatable bonds is 5. The highest BCUT2D eigenvalue weighted by atomic mass is 19.4. The van der Waals surface area contributed by atoms with E-state index < -0.39 is 29.3 Å². The summed E-state index contributed by atoms with van der Waals surface area (Å²) in [6.07, 6.45) is -7.46. The van der Waals surface area contributed by atoms with Crippen LogP contribution in [0.15, 0.2) is 36.4 Å². The van der Waals surface area contributed by atoms with Gasteiger partial charge in [-0.25, -0.2) is 4.79 Å². The molecule has 3 rings (SSSR count). The summed E-state index contributed by atoms with van der Waals surface area (Å²) < 4.78 is 50.8. The summed E-state index contributed by atoms with van der Waals surface area (Å²) in [6.45, 7) is 5.46. The fraction of sp³-hybridized carbons (Fsp3) is 0.458. The van der Waals surface area contributed by atoms with Gasteiger partial charge >= 0.3 is 12.2 Å². The molecule has 180 valence electrons. The highest BCUT2D eigenvalue weighted by Gasteiger charge is 2.42. The van der Waals surface area contributed by atoms with Crippen molar-refractivity contribution in [2.45, 2.75) is 57.0 Å². The van der Waals surface area contributed by atoms with Crippen molar-refractivity contribution in [3.63, 3.8) is 0 Å². The van der Waals surface area contributed by atoms with Crippen molar-refractivity contribution in [2.24, 2.45) is 0 Å². The summed E-state index contributed by atoms with van der Waals surface area (Å²) in [5.41, 5.74) is 1.56. The van der Waals surface area contributed by atoms with Gasteiger partial charge in [-0.15, -0.1) is 0 Å². The Morgan fingerprint density at radius 2 is 1.82 bits per heavy atom. The van der Waals surface area contributed by atoms with Crippen LogP contribution < -0.4 is 15.4 Å². The van der Waals surface area contributed by atoms with Crippen LogP contribution in [0.5, 0.6) is 5.75 Å². The number of anilines is 1. The highest BCUT2D eigenvalue weighted by Crippen LogP contribution is 2.43. The second kappa shape index (κ2) is 9.23. The molecule has 1 aliphatic carbocycles. The number of fused-ring (bicyclic) bond motifs is 1. The first-order valence-corrected chi connectivity index (χ1v) is 10.5. The van der Waals surface area contributed by atoms with Gasteiger partial charge in [0, 0.05) is 12.7 Å². The first-order valence-electron chi connectivity index (χ1n) is 10.5. The number of aliphatic hydroxyl groups is 1. The second-order valence-corrected chi connectivity index (χ2v) is 9.10. The Bertz CT molecular complexity index is 1020. The molecule has 0 aliphatic heterocycles. The molecule has 3 N–H and O–H groups in total. The van der Waals surface area contributed by atoms with Gasteiger partial charge in [0.2, 0.25) is 0 Å². The largest absolute Gasteiger partial charge is 0.494 e. The molecule has 3 atom stereocenters. The molecular formula is C24H29F3N2O4. The van der Waals surface area contributed by atoms with E-state index in [2.05, 4.69) is 10.6 Å². The summed E-state index contributed by atoms with van der Waals surface area (Å²) in [6, 6.07) is 9.53. The molecule has 0 bridgehead atoms. The molecule has 0 radical (unpaired) electrons. The number of hydrogen-bond acceptors (Lipinski definition) is 4. The van der Waals surface area contributed by atoms with Crippen LogP contribution in [0.1, 0.15) is 55.2 Å². The molecule has 0 saturated carbocycles. The average Bonchev–Trinajstić information content (AvgIpc) is 3.07. The third kappa shape index (κ3) is 5.25. The average molecular weight is 467 g/mol. The maximum atomic E-state index is 13.3. The van der Waals surface area contributed by atoms with Crippen molar-refractivity contribution in [2.75, 3.05) is 19.5 Å². The smallest absolute Gasteiger partial charge is 0.418 e. The van der Waals surface area contributed by atoms with E-state index in [4.69, 9.17) is 9.47 Å². The van der Waals surface area contributed by atoms with Crippen molar-refractivity contribution >= 4 is 11.7 Å². The van der Waals surface area contributed by atoms with Gasteiger partial charge in [0.1, 0.15) is 11.9 Å². The van der Waals surface area contributed by atoms with Crippen LogP contribution >= 0.6 is 0 Å². The maximum absolute atomic E-state index is 13.3. The van der Waals surface area contributed by atoms with E-state index in [9.17, 15) is 23.1 Å². The Morgan fingerprint density at radius 1 is 1.15 bits per heavy atom. The lowest BCUT2D eigenvalue weighted by atomic mass is 9.84. The number of alkyl halides is 3. The molecule has 1 aliphatic rings. The lowest BCUT2D eigenvalue weighted by Gasteiger charge is -2.26. The molecule has 2 aromatic carbocycles. The van der Waals surface area contributed by atoms with Crippen LogP contribution in [0, 0.1) is 0 Å². The molecule has 0 spiro atoms. The number of carbonyl (C=O) groups excluding carboxylic acids is 1. The number of halogens is 3. The minimum absolute atomic E-state index is 0.0326. The number of methoxy groups -OCH3 is 2. The molecule has 0 saturated heterocycles. The topological polar surface area (TPSA) is 79.8 Å². The van der Waals surface area contributed by atoms with Crippen LogP contribution in [0.3, 0.4) is 0 Å². The lowest BCUT2D eigenvalue weighted by molar-refractivity contribution is -0.207. The third-order valence-electron chi connectivity index (χ3n) is 5.78. The van der Waals surface area contributed by atoms with Crippen LogP contribution in [0.2, 0.25) is 0 Å². The van der Waals surface area contributed by atoms with Crippen molar-refractivity contribution in [3.05, 3.63) is 58.7 Å². The van der Waals surface area contributed by atoms with Gasteiger partial charge in [-0.3, -0.25) is 0 Å². The number of ether oxygens (including phenoxy) is 2. The first kappa shape index (κ1) is 24.9. The molecule has 2 amide bonds. The van der Waals surface area contributed by atoms with Crippen molar-refractivity contribution in [1.29, 1.82) is 0 Å². The second-order valence-electron chi connectivity index (χ2n) is 9.10. The third-order valence-corrected chi connectivity index (χ3v) is 5.78. The fourth-order valence-corrected chi connectivity index (χ4v) is 4.09. The zero-order valence-corrected chi connectivity index (χ0v) is 19.2.